The van der Waals surface area contributed by atoms with Crippen molar-refractivity contribution in [2.45, 2.75) is 32.4 Å². The van der Waals surface area contributed by atoms with Gasteiger partial charge in [0.25, 0.3) is 0 Å². The van der Waals surface area contributed by atoms with Crippen LogP contribution >= 0.6 is 24.0 Å². The van der Waals surface area contributed by atoms with Gasteiger partial charge in [0, 0.05) is 53.7 Å². The third kappa shape index (κ3) is 10.3. The fraction of sp³-hybridized carbons (Fsp3) is 0.650. The Morgan fingerprint density at radius 1 is 1.15 bits per heavy atom. The second kappa shape index (κ2) is 15.1. The molecule has 0 saturated carbocycles. The number of benzene rings is 1. The molecule has 1 saturated heterocycles. The first kappa shape index (κ1) is 24.1. The van der Waals surface area contributed by atoms with Crippen LogP contribution < -0.4 is 10.6 Å². The van der Waals surface area contributed by atoms with E-state index in [2.05, 4.69) is 39.9 Å². The summed E-state index contributed by atoms with van der Waals surface area (Å²) in [5.74, 6) is 1.48. The normalized spacial score (nSPS) is 15.3. The van der Waals surface area contributed by atoms with Gasteiger partial charge in [-0.1, -0.05) is 24.3 Å². The molecule has 1 fully saturated rings. The first-order chi connectivity index (χ1) is 12.8. The highest BCUT2D eigenvalue weighted by Crippen LogP contribution is 2.14. The summed E-state index contributed by atoms with van der Waals surface area (Å²) < 4.78 is 16.3. The maximum atomic E-state index is 5.78. The SMILES string of the molecule is CN=C(NCCCOCC1CCOCC1)NCc1ccc(COC)cc1.I. The van der Waals surface area contributed by atoms with Crippen molar-refractivity contribution in [3.05, 3.63) is 35.4 Å². The molecular weight excluding hydrogens is 457 g/mol. The lowest BCUT2D eigenvalue weighted by Gasteiger charge is -2.21. The Hall–Kier alpha value is -0.900. The number of guanidine groups is 1. The summed E-state index contributed by atoms with van der Waals surface area (Å²) in [7, 11) is 3.50. The highest BCUT2D eigenvalue weighted by atomic mass is 127. The molecule has 1 aliphatic rings. The fourth-order valence-corrected chi connectivity index (χ4v) is 2.87. The van der Waals surface area contributed by atoms with Crippen LogP contribution in [-0.2, 0) is 27.4 Å². The van der Waals surface area contributed by atoms with E-state index in [0.717, 1.165) is 64.7 Å². The summed E-state index contributed by atoms with van der Waals surface area (Å²) in [6.07, 6.45) is 3.22. The summed E-state index contributed by atoms with van der Waals surface area (Å²) in [5, 5.41) is 6.66. The van der Waals surface area contributed by atoms with Gasteiger partial charge in [0.15, 0.2) is 5.96 Å². The standard InChI is InChI=1S/C20H33N3O3.HI/c1-21-20(23-14-17-4-6-18(7-5-17)15-24-2)22-10-3-11-26-16-19-8-12-25-13-9-19;/h4-7,19H,3,8-16H2,1-2H3,(H2,21,22,23);1H. The van der Waals surface area contributed by atoms with Crippen molar-refractivity contribution in [3.8, 4) is 0 Å². The molecule has 27 heavy (non-hydrogen) atoms. The lowest BCUT2D eigenvalue weighted by molar-refractivity contribution is 0.0203. The van der Waals surface area contributed by atoms with Crippen LogP contribution in [-0.4, -0.2) is 53.1 Å². The third-order valence-corrected chi connectivity index (χ3v) is 4.47. The number of halogens is 1. The number of hydrogen-bond donors (Lipinski definition) is 2. The van der Waals surface area contributed by atoms with Gasteiger partial charge >= 0.3 is 0 Å². The molecule has 0 radical (unpaired) electrons. The molecule has 1 heterocycles. The summed E-state index contributed by atoms with van der Waals surface area (Å²) >= 11 is 0. The zero-order chi connectivity index (χ0) is 18.5. The molecule has 0 spiro atoms. The van der Waals surface area contributed by atoms with Gasteiger partial charge in [0.05, 0.1) is 6.61 Å². The van der Waals surface area contributed by atoms with Crippen LogP contribution in [0, 0.1) is 5.92 Å². The van der Waals surface area contributed by atoms with Crippen molar-refractivity contribution in [1.82, 2.24) is 10.6 Å². The summed E-state index contributed by atoms with van der Waals surface area (Å²) in [4.78, 5) is 4.26. The Bertz CT molecular complexity index is 520. The average Bonchev–Trinajstić information content (AvgIpc) is 2.69. The number of methoxy groups -OCH3 is 1. The Balaban J connectivity index is 0.00000364. The predicted octanol–water partition coefficient (Wildman–Crippen LogP) is 2.95. The second-order valence-electron chi connectivity index (χ2n) is 6.59. The number of ether oxygens (including phenoxy) is 3. The number of rotatable bonds is 10. The molecular formula is C20H34IN3O3. The fourth-order valence-electron chi connectivity index (χ4n) is 2.87. The van der Waals surface area contributed by atoms with Gasteiger partial charge in [-0.2, -0.15) is 0 Å². The maximum absolute atomic E-state index is 5.78. The van der Waals surface area contributed by atoms with Crippen LogP contribution in [0.2, 0.25) is 0 Å². The third-order valence-electron chi connectivity index (χ3n) is 4.47. The molecule has 2 rings (SSSR count). The van der Waals surface area contributed by atoms with E-state index in [-0.39, 0.29) is 24.0 Å². The molecule has 7 heteroatoms. The molecule has 6 nitrogen and oxygen atoms in total. The summed E-state index contributed by atoms with van der Waals surface area (Å²) in [6, 6.07) is 8.40. The molecule has 1 aliphatic heterocycles. The van der Waals surface area contributed by atoms with E-state index >= 15 is 0 Å². The highest BCUT2D eigenvalue weighted by molar-refractivity contribution is 14.0. The van der Waals surface area contributed by atoms with Gasteiger partial charge in [-0.3, -0.25) is 4.99 Å². The van der Waals surface area contributed by atoms with Gasteiger partial charge in [-0.05, 0) is 36.3 Å². The van der Waals surface area contributed by atoms with Gasteiger partial charge < -0.3 is 24.8 Å². The van der Waals surface area contributed by atoms with Crippen LogP contribution in [0.1, 0.15) is 30.4 Å². The van der Waals surface area contributed by atoms with Gasteiger partial charge in [-0.25, -0.2) is 0 Å². The van der Waals surface area contributed by atoms with Gasteiger partial charge in [0.2, 0.25) is 0 Å². The zero-order valence-electron chi connectivity index (χ0n) is 16.5. The average molecular weight is 491 g/mol. The van der Waals surface area contributed by atoms with Crippen LogP contribution in [0.4, 0.5) is 0 Å². The minimum Gasteiger partial charge on any atom is -0.381 e. The second-order valence-corrected chi connectivity index (χ2v) is 6.59. The molecule has 0 unspecified atom stereocenters. The quantitative estimate of drug-likeness (QED) is 0.228. The molecule has 0 amide bonds. The largest absolute Gasteiger partial charge is 0.381 e. The predicted molar refractivity (Wildman–Crippen MR) is 120 cm³/mol. The van der Waals surface area contributed by atoms with E-state index in [0.29, 0.717) is 12.5 Å². The maximum Gasteiger partial charge on any atom is 0.191 e. The molecule has 0 bridgehead atoms. The van der Waals surface area contributed by atoms with E-state index < -0.39 is 0 Å². The highest BCUT2D eigenvalue weighted by Gasteiger charge is 2.13. The number of nitrogens with zero attached hydrogens (tertiary/aromatic N) is 1. The molecule has 0 atom stereocenters. The van der Waals surface area contributed by atoms with E-state index in [1.165, 1.54) is 11.1 Å². The van der Waals surface area contributed by atoms with E-state index in [4.69, 9.17) is 14.2 Å². The van der Waals surface area contributed by atoms with Crippen LogP contribution in [0.5, 0.6) is 0 Å². The van der Waals surface area contributed by atoms with Crippen LogP contribution in [0.3, 0.4) is 0 Å². The van der Waals surface area contributed by atoms with Crippen LogP contribution in [0.25, 0.3) is 0 Å². The smallest absolute Gasteiger partial charge is 0.191 e. The number of nitrogens with one attached hydrogen (secondary N) is 2. The Labute approximate surface area is 180 Å². The monoisotopic (exact) mass is 491 g/mol. The first-order valence-corrected chi connectivity index (χ1v) is 9.48. The summed E-state index contributed by atoms with van der Waals surface area (Å²) in [5.41, 5.74) is 2.40. The molecule has 154 valence electrons. The van der Waals surface area contributed by atoms with E-state index in [1.54, 1.807) is 14.2 Å². The van der Waals surface area contributed by atoms with E-state index in [9.17, 15) is 0 Å². The minimum absolute atomic E-state index is 0. The van der Waals surface area contributed by atoms with Crippen molar-refractivity contribution in [2.75, 3.05) is 47.1 Å². The lowest BCUT2D eigenvalue weighted by Crippen LogP contribution is -2.37. The topological polar surface area (TPSA) is 64.1 Å². The first-order valence-electron chi connectivity index (χ1n) is 9.48. The Morgan fingerprint density at radius 2 is 1.85 bits per heavy atom. The van der Waals surface area contributed by atoms with Gasteiger partial charge in [-0.15, -0.1) is 24.0 Å². The Morgan fingerprint density at radius 3 is 2.52 bits per heavy atom. The van der Waals surface area contributed by atoms with Crippen LogP contribution in [0.15, 0.2) is 29.3 Å². The summed E-state index contributed by atoms with van der Waals surface area (Å²) in [6.45, 7) is 5.64. The molecule has 0 aromatic heterocycles. The molecule has 0 aliphatic carbocycles. The van der Waals surface area contributed by atoms with Gasteiger partial charge in [0.1, 0.15) is 0 Å². The van der Waals surface area contributed by atoms with Crippen molar-refractivity contribution in [2.24, 2.45) is 10.9 Å². The number of hydrogen-bond acceptors (Lipinski definition) is 4. The lowest BCUT2D eigenvalue weighted by atomic mass is 10.0. The molecule has 1 aromatic rings. The van der Waals surface area contributed by atoms with Crippen molar-refractivity contribution in [3.63, 3.8) is 0 Å². The molecule has 1 aromatic carbocycles. The number of aliphatic imine (C=N–C) groups is 1. The molecule has 2 N–H and O–H groups in total. The van der Waals surface area contributed by atoms with Crippen molar-refractivity contribution < 1.29 is 14.2 Å². The van der Waals surface area contributed by atoms with Crippen molar-refractivity contribution in [1.29, 1.82) is 0 Å². The van der Waals surface area contributed by atoms with E-state index in [1.807, 2.05) is 0 Å². The minimum atomic E-state index is 0. The van der Waals surface area contributed by atoms with Crippen molar-refractivity contribution >= 4 is 29.9 Å². The Kier molecular flexibility index (Phi) is 13.5. The zero-order valence-corrected chi connectivity index (χ0v) is 18.9.